The molecule has 3 atom stereocenters. The Hall–Kier alpha value is -3.93. The van der Waals surface area contributed by atoms with Crippen molar-refractivity contribution in [3.8, 4) is 0 Å². The minimum atomic E-state index is -1.51. The van der Waals surface area contributed by atoms with Gasteiger partial charge in [-0.15, -0.1) is 11.8 Å². The summed E-state index contributed by atoms with van der Waals surface area (Å²) in [6, 6.07) is 3.01. The van der Waals surface area contributed by atoms with Crippen molar-refractivity contribution in [2.45, 2.75) is 49.9 Å². The molecule has 0 aromatic carbocycles. The lowest BCUT2D eigenvalue weighted by Gasteiger charge is -2.50. The maximum absolute atomic E-state index is 13.3. The molecule has 0 saturated carbocycles. The number of oxime groups is 1. The first-order valence-electron chi connectivity index (χ1n) is 13.5. The van der Waals surface area contributed by atoms with Gasteiger partial charge in [0.15, 0.2) is 29.8 Å². The molecule has 0 radical (unpaired) electrons. The number of thioether (sulfide) groups is 1. The summed E-state index contributed by atoms with van der Waals surface area (Å²) in [5.74, 6) is -4.19. The number of β-lactam (4-membered cyclic amide) rings is 1. The number of pyridine rings is 1. The van der Waals surface area contributed by atoms with E-state index in [1.807, 2.05) is 29.1 Å². The maximum Gasteiger partial charge on any atom is 0.347 e. The zero-order valence-electron chi connectivity index (χ0n) is 23.3. The third-order valence-electron chi connectivity index (χ3n) is 7.37. The predicted molar refractivity (Wildman–Crippen MR) is 159 cm³/mol. The summed E-state index contributed by atoms with van der Waals surface area (Å²) >= 11 is 8.29. The van der Waals surface area contributed by atoms with Gasteiger partial charge in [-0.1, -0.05) is 28.1 Å². The lowest BCUT2D eigenvalue weighted by Crippen LogP contribution is -2.71. The number of amides is 2. The molecule has 6 N–H and O–H groups in total. The number of nitrogen functional groups attached to an aromatic ring is 1. The highest BCUT2D eigenvalue weighted by Crippen LogP contribution is 2.40. The van der Waals surface area contributed by atoms with Gasteiger partial charge in [0.2, 0.25) is 6.10 Å². The molecule has 5 heterocycles. The van der Waals surface area contributed by atoms with Gasteiger partial charge in [0, 0.05) is 48.3 Å². The number of rotatable bonds is 10. The number of thiazole rings is 1. The smallest absolute Gasteiger partial charge is 0.347 e. The standard InChI is InChI=1S/C26H29ClN8O7S2/c1-12(24(38)39)42-32-17(16-20(27)44-26(29)31-16)21(36)30-18-22(37)35-19(25(40)41)13(11-43-23(18)35)10-33-6-4-15(5-7-33)34-8-2-14(28)3-9-34/h4-7,12,14,18,23H,2-3,8-11,28H2,1H3,(H4-,29,30,31,36,38,39,40,41)/b32-17-/t12-,18+,23+/m0/s1. The minimum Gasteiger partial charge on any atom is -0.543 e. The Balaban J connectivity index is 1.30. The fourth-order valence-electron chi connectivity index (χ4n) is 4.98. The molecule has 0 aliphatic carbocycles. The molecule has 44 heavy (non-hydrogen) atoms. The first-order chi connectivity index (χ1) is 20.9. The summed E-state index contributed by atoms with van der Waals surface area (Å²) in [5.41, 5.74) is 12.3. The highest BCUT2D eigenvalue weighted by Gasteiger charge is 2.53. The zero-order chi connectivity index (χ0) is 31.7. The molecule has 2 saturated heterocycles. The largest absolute Gasteiger partial charge is 0.543 e. The molecule has 234 valence electrons. The molecule has 18 heteroatoms. The molecule has 2 fully saturated rings. The summed E-state index contributed by atoms with van der Waals surface area (Å²) < 4.78 is 1.82. The number of aromatic nitrogens is 2. The number of carboxylic acids is 2. The average molecular weight is 665 g/mol. The van der Waals surface area contributed by atoms with Crippen LogP contribution in [0.1, 0.15) is 25.5 Å². The third-order valence-corrected chi connectivity index (χ3v) is 9.79. The number of nitrogens with zero attached hydrogens (tertiary/aromatic N) is 5. The number of carbonyl (C=O) groups is 4. The second-order valence-electron chi connectivity index (χ2n) is 10.4. The summed E-state index contributed by atoms with van der Waals surface area (Å²) in [7, 11) is 0. The van der Waals surface area contributed by atoms with E-state index in [0.717, 1.165) is 47.9 Å². The normalized spacial score (nSPS) is 21.4. The molecule has 15 nitrogen and oxygen atoms in total. The van der Waals surface area contributed by atoms with Gasteiger partial charge in [-0.2, -0.15) is 0 Å². The molecule has 0 bridgehead atoms. The number of aliphatic carboxylic acids is 2. The van der Waals surface area contributed by atoms with E-state index in [1.54, 1.807) is 0 Å². The SMILES string of the molecule is C[C@H](O/N=C(\C(=O)N[C@@H]1C(=O)N2C(C(=O)[O-])=C(C[n+]3ccc(N4CCC(N)CC4)cc3)CS[C@H]12)c1nc(N)sc1Cl)C(=O)O. The highest BCUT2D eigenvalue weighted by molar-refractivity contribution is 8.00. The van der Waals surface area contributed by atoms with Gasteiger partial charge in [0.25, 0.3) is 11.8 Å². The van der Waals surface area contributed by atoms with E-state index in [1.165, 1.54) is 18.7 Å². The Labute approximate surface area is 264 Å². The Morgan fingerprint density at radius 1 is 1.32 bits per heavy atom. The van der Waals surface area contributed by atoms with Crippen LogP contribution in [0.2, 0.25) is 4.34 Å². The van der Waals surface area contributed by atoms with Crippen molar-refractivity contribution in [2.24, 2.45) is 10.9 Å². The van der Waals surface area contributed by atoms with E-state index in [9.17, 15) is 24.3 Å². The Bertz CT molecular complexity index is 1540. The number of fused-ring (bicyclic) bond motifs is 1. The highest BCUT2D eigenvalue weighted by atomic mass is 35.5. The van der Waals surface area contributed by atoms with Gasteiger partial charge in [0.1, 0.15) is 21.4 Å². The second kappa shape index (κ2) is 13.0. The van der Waals surface area contributed by atoms with Crippen molar-refractivity contribution in [3.05, 3.63) is 45.8 Å². The maximum atomic E-state index is 13.3. The van der Waals surface area contributed by atoms with E-state index in [0.29, 0.717) is 5.57 Å². The fourth-order valence-corrected chi connectivity index (χ4v) is 7.24. The van der Waals surface area contributed by atoms with Crippen LogP contribution in [0.3, 0.4) is 0 Å². The zero-order valence-corrected chi connectivity index (χ0v) is 25.7. The summed E-state index contributed by atoms with van der Waals surface area (Å²) in [5, 5.41) is 26.8. The molecule has 2 amide bonds. The van der Waals surface area contributed by atoms with E-state index in [-0.39, 0.29) is 39.2 Å². The number of carboxylic acid groups (broad SMARTS) is 2. The van der Waals surface area contributed by atoms with Crippen molar-refractivity contribution >= 4 is 75.0 Å². The Morgan fingerprint density at radius 2 is 2.00 bits per heavy atom. The van der Waals surface area contributed by atoms with Gasteiger partial charge in [0.05, 0.1) is 11.7 Å². The number of hydrogen-bond donors (Lipinski definition) is 4. The minimum absolute atomic E-state index is 0.00550. The van der Waals surface area contributed by atoms with E-state index >= 15 is 0 Å². The van der Waals surface area contributed by atoms with Gasteiger partial charge in [-0.25, -0.2) is 14.3 Å². The van der Waals surface area contributed by atoms with E-state index in [2.05, 4.69) is 20.4 Å². The van der Waals surface area contributed by atoms with Crippen LogP contribution in [0.4, 0.5) is 10.8 Å². The quantitative estimate of drug-likeness (QED) is 0.103. The molecule has 2 aromatic rings. The number of halogens is 1. The third kappa shape index (κ3) is 6.45. The lowest BCUT2D eigenvalue weighted by molar-refractivity contribution is -0.689. The topological polar surface area (TPSA) is 220 Å². The van der Waals surface area contributed by atoms with Crippen molar-refractivity contribution in [1.82, 2.24) is 15.2 Å². The summed E-state index contributed by atoms with van der Waals surface area (Å²) in [6.07, 6.45) is 4.13. The van der Waals surface area contributed by atoms with Gasteiger partial charge < -0.3 is 41.5 Å². The van der Waals surface area contributed by atoms with Crippen LogP contribution in [0.15, 0.2) is 41.0 Å². The predicted octanol–water partition coefficient (Wildman–Crippen LogP) is -1.11. The van der Waals surface area contributed by atoms with Crippen LogP contribution < -0.4 is 31.4 Å². The van der Waals surface area contributed by atoms with Gasteiger partial charge in [-0.3, -0.25) is 14.5 Å². The monoisotopic (exact) mass is 664 g/mol. The Kier molecular flexibility index (Phi) is 9.28. The molecular weight excluding hydrogens is 636 g/mol. The molecule has 5 rings (SSSR count). The number of hydrogen-bond acceptors (Lipinski definition) is 13. The number of piperidine rings is 1. The molecule has 3 aliphatic heterocycles. The van der Waals surface area contributed by atoms with Crippen molar-refractivity contribution in [1.29, 1.82) is 0 Å². The van der Waals surface area contributed by atoms with Crippen LogP contribution in [0, 0.1) is 0 Å². The van der Waals surface area contributed by atoms with Crippen molar-refractivity contribution < 1.29 is 38.8 Å². The van der Waals surface area contributed by atoms with Crippen molar-refractivity contribution in [3.63, 3.8) is 0 Å². The second-order valence-corrected chi connectivity index (χ2v) is 13.1. The number of nitrogens with one attached hydrogen (secondary N) is 1. The molecular formula is C26H29ClN8O7S2. The number of nitrogens with two attached hydrogens (primary N) is 2. The van der Waals surface area contributed by atoms with Crippen LogP contribution in [0.25, 0.3) is 0 Å². The molecule has 3 aliphatic rings. The fraction of sp³-hybridized carbons (Fsp3) is 0.423. The van der Waals surface area contributed by atoms with E-state index < -0.39 is 47.0 Å². The van der Waals surface area contributed by atoms with Gasteiger partial charge in [-0.05, 0) is 19.8 Å². The first kappa shape index (κ1) is 31.5. The number of anilines is 2. The number of carbonyl (C=O) groups excluding carboxylic acids is 3. The van der Waals surface area contributed by atoms with Crippen LogP contribution in [0.5, 0.6) is 0 Å². The van der Waals surface area contributed by atoms with Crippen LogP contribution in [-0.2, 0) is 30.6 Å². The first-order valence-corrected chi connectivity index (χ1v) is 15.8. The van der Waals surface area contributed by atoms with Crippen LogP contribution in [-0.4, -0.2) is 86.9 Å². The lowest BCUT2D eigenvalue weighted by atomic mass is 10.0. The Morgan fingerprint density at radius 3 is 2.59 bits per heavy atom. The molecule has 0 spiro atoms. The van der Waals surface area contributed by atoms with E-state index in [4.69, 9.17) is 33.0 Å². The average Bonchev–Trinajstić information content (AvgIpc) is 3.33. The van der Waals surface area contributed by atoms with Crippen molar-refractivity contribution in [2.75, 3.05) is 29.5 Å². The van der Waals surface area contributed by atoms with Crippen LogP contribution >= 0.6 is 34.7 Å². The molecule has 2 aromatic heterocycles. The molecule has 0 unspecified atom stereocenters. The summed E-state index contributed by atoms with van der Waals surface area (Å²) in [4.78, 5) is 62.1. The van der Waals surface area contributed by atoms with Gasteiger partial charge >= 0.3 is 5.97 Å². The summed E-state index contributed by atoms with van der Waals surface area (Å²) in [6.45, 7) is 3.15.